The monoisotopic (exact) mass is 372 g/mol. The first-order chi connectivity index (χ1) is 11.3. The molecule has 1 N–H and O–H groups in total. The number of carbonyl (C=O) groups is 1. The van der Waals surface area contributed by atoms with Gasteiger partial charge in [0, 0.05) is 13.1 Å². The number of hydrogen-bond donors (Lipinski definition) is 1. The number of benzene rings is 1. The average Bonchev–Trinajstić information content (AvgIpc) is 2.48. The van der Waals surface area contributed by atoms with E-state index in [4.69, 9.17) is 11.6 Å². The van der Waals surface area contributed by atoms with E-state index in [0.29, 0.717) is 16.3 Å². The first-order valence-corrected chi connectivity index (χ1v) is 10.6. The third-order valence-electron chi connectivity index (χ3n) is 4.50. The Morgan fingerprint density at radius 2 is 1.75 bits per heavy atom. The third-order valence-corrected chi connectivity index (χ3v) is 6.03. The molecule has 1 fully saturated rings. The normalized spacial score (nSPS) is 17.0. The molecule has 1 saturated carbocycles. The van der Waals surface area contributed by atoms with Gasteiger partial charge in [0.2, 0.25) is 10.0 Å². The van der Waals surface area contributed by atoms with E-state index in [1.807, 2.05) is 0 Å². The van der Waals surface area contributed by atoms with E-state index in [1.54, 1.807) is 12.1 Å². The Balaban J connectivity index is 2.16. The van der Waals surface area contributed by atoms with Crippen molar-refractivity contribution >= 4 is 33.2 Å². The van der Waals surface area contributed by atoms with Crippen LogP contribution in [0, 0.1) is 0 Å². The van der Waals surface area contributed by atoms with Crippen molar-refractivity contribution in [1.29, 1.82) is 0 Å². The molecular weight excluding hydrogens is 348 g/mol. The summed E-state index contributed by atoms with van der Waals surface area (Å²) in [5, 5.41) is 3.38. The Bertz CT molecular complexity index is 683. The highest BCUT2D eigenvalue weighted by molar-refractivity contribution is 7.92. The molecule has 0 spiro atoms. The molecule has 24 heavy (non-hydrogen) atoms. The molecule has 1 aromatic rings. The standard InChI is InChI=1S/C17H25ClN2O3S/c1-20(24(2,22)23)14-10-11-16(18)15(12-14)17(21)19-13-8-6-4-3-5-7-9-13/h10-13H,3-9H2,1-2H3,(H,19,21). The van der Waals surface area contributed by atoms with E-state index >= 15 is 0 Å². The van der Waals surface area contributed by atoms with Crippen molar-refractivity contribution < 1.29 is 13.2 Å². The minimum absolute atomic E-state index is 0.158. The lowest BCUT2D eigenvalue weighted by Gasteiger charge is -2.22. The second-order valence-corrected chi connectivity index (χ2v) is 8.83. The molecule has 134 valence electrons. The number of sulfonamides is 1. The van der Waals surface area contributed by atoms with Crippen LogP contribution in [0.1, 0.15) is 55.3 Å². The molecule has 0 saturated heterocycles. The van der Waals surface area contributed by atoms with E-state index < -0.39 is 10.0 Å². The quantitative estimate of drug-likeness (QED) is 0.878. The van der Waals surface area contributed by atoms with Gasteiger partial charge in [-0.25, -0.2) is 8.42 Å². The highest BCUT2D eigenvalue weighted by atomic mass is 35.5. The van der Waals surface area contributed by atoms with Gasteiger partial charge in [-0.1, -0.05) is 43.7 Å². The zero-order chi connectivity index (χ0) is 17.7. The van der Waals surface area contributed by atoms with Gasteiger partial charge in [0.25, 0.3) is 5.91 Å². The molecule has 0 unspecified atom stereocenters. The summed E-state index contributed by atoms with van der Waals surface area (Å²) in [5.74, 6) is -0.241. The third kappa shape index (κ3) is 5.11. The maximum Gasteiger partial charge on any atom is 0.253 e. The summed E-state index contributed by atoms with van der Waals surface area (Å²) in [4.78, 5) is 12.6. The Morgan fingerprint density at radius 3 is 2.33 bits per heavy atom. The van der Waals surface area contributed by atoms with E-state index in [1.165, 1.54) is 32.4 Å². The first-order valence-electron chi connectivity index (χ1n) is 8.33. The van der Waals surface area contributed by atoms with Crippen molar-refractivity contribution in [2.24, 2.45) is 0 Å². The number of nitrogens with one attached hydrogen (secondary N) is 1. The minimum atomic E-state index is -3.39. The van der Waals surface area contributed by atoms with E-state index in [-0.39, 0.29) is 11.9 Å². The van der Waals surface area contributed by atoms with Crippen LogP contribution in [0.15, 0.2) is 18.2 Å². The summed E-state index contributed by atoms with van der Waals surface area (Å²) in [7, 11) is -1.94. The lowest BCUT2D eigenvalue weighted by atomic mass is 9.96. The van der Waals surface area contributed by atoms with Gasteiger partial charge >= 0.3 is 0 Å². The van der Waals surface area contributed by atoms with Gasteiger partial charge in [-0.05, 0) is 31.0 Å². The maximum atomic E-state index is 12.6. The Kier molecular flexibility index (Phi) is 6.52. The molecule has 1 aliphatic carbocycles. The molecule has 1 amide bonds. The SMILES string of the molecule is CN(c1ccc(Cl)c(C(=O)NC2CCCCCCC2)c1)S(C)(=O)=O. The van der Waals surface area contributed by atoms with Gasteiger partial charge in [0.15, 0.2) is 0 Å². The number of carbonyl (C=O) groups excluding carboxylic acids is 1. The number of rotatable bonds is 4. The summed E-state index contributed by atoms with van der Waals surface area (Å²) in [6.07, 6.45) is 9.01. The fourth-order valence-corrected chi connectivity index (χ4v) is 3.64. The van der Waals surface area contributed by atoms with Crippen molar-refractivity contribution in [3.05, 3.63) is 28.8 Å². The van der Waals surface area contributed by atoms with Gasteiger partial charge < -0.3 is 5.32 Å². The number of hydrogen-bond acceptors (Lipinski definition) is 3. The van der Waals surface area contributed by atoms with Crippen LogP contribution < -0.4 is 9.62 Å². The smallest absolute Gasteiger partial charge is 0.253 e. The summed E-state index contributed by atoms with van der Waals surface area (Å²) in [6.45, 7) is 0. The van der Waals surface area contributed by atoms with Crippen LogP contribution >= 0.6 is 11.6 Å². The van der Waals surface area contributed by atoms with Crippen LogP contribution in [0.5, 0.6) is 0 Å². The predicted molar refractivity (Wildman–Crippen MR) is 98.3 cm³/mol. The summed E-state index contributed by atoms with van der Waals surface area (Å²) >= 11 is 6.16. The fraction of sp³-hybridized carbons (Fsp3) is 0.588. The zero-order valence-corrected chi connectivity index (χ0v) is 15.8. The van der Waals surface area contributed by atoms with Crippen LogP contribution in [0.4, 0.5) is 5.69 Å². The molecule has 1 aliphatic rings. The van der Waals surface area contributed by atoms with E-state index in [0.717, 1.165) is 36.2 Å². The molecule has 0 atom stereocenters. The summed E-state index contributed by atoms with van der Waals surface area (Å²) < 4.78 is 24.5. The molecule has 0 aromatic heterocycles. The summed E-state index contributed by atoms with van der Waals surface area (Å²) in [5.41, 5.74) is 0.733. The van der Waals surface area contributed by atoms with Crippen LogP contribution in [0.2, 0.25) is 5.02 Å². The second-order valence-electron chi connectivity index (χ2n) is 6.41. The van der Waals surface area contributed by atoms with Crippen molar-refractivity contribution in [1.82, 2.24) is 5.32 Å². The molecule has 0 heterocycles. The van der Waals surface area contributed by atoms with Crippen LogP contribution in [-0.2, 0) is 10.0 Å². The second kappa shape index (κ2) is 8.21. The number of halogens is 1. The molecule has 1 aromatic carbocycles. The highest BCUT2D eigenvalue weighted by Crippen LogP contribution is 2.25. The van der Waals surface area contributed by atoms with Crippen molar-refractivity contribution in [3.63, 3.8) is 0 Å². The molecule has 0 bridgehead atoms. The van der Waals surface area contributed by atoms with Crippen molar-refractivity contribution in [2.75, 3.05) is 17.6 Å². The average molecular weight is 373 g/mol. The maximum absolute atomic E-state index is 12.6. The van der Waals surface area contributed by atoms with Gasteiger partial charge in [0.05, 0.1) is 22.5 Å². The number of amides is 1. The lowest BCUT2D eigenvalue weighted by molar-refractivity contribution is 0.0930. The molecule has 0 aliphatic heterocycles. The number of anilines is 1. The molecule has 0 radical (unpaired) electrons. The van der Waals surface area contributed by atoms with E-state index in [2.05, 4.69) is 5.32 Å². The van der Waals surface area contributed by atoms with Crippen molar-refractivity contribution in [3.8, 4) is 0 Å². The topological polar surface area (TPSA) is 66.5 Å². The van der Waals surface area contributed by atoms with Gasteiger partial charge in [-0.2, -0.15) is 0 Å². The Labute approximate surface area is 149 Å². The van der Waals surface area contributed by atoms with Gasteiger partial charge in [-0.3, -0.25) is 9.10 Å². The van der Waals surface area contributed by atoms with Gasteiger partial charge in [0.1, 0.15) is 0 Å². The first kappa shape index (κ1) is 19.1. The molecule has 7 heteroatoms. The molecular formula is C17H25ClN2O3S. The fourth-order valence-electron chi connectivity index (χ4n) is 2.94. The van der Waals surface area contributed by atoms with Crippen LogP contribution in [0.25, 0.3) is 0 Å². The van der Waals surface area contributed by atoms with Gasteiger partial charge in [-0.15, -0.1) is 0 Å². The Morgan fingerprint density at radius 1 is 1.17 bits per heavy atom. The largest absolute Gasteiger partial charge is 0.349 e. The van der Waals surface area contributed by atoms with E-state index in [9.17, 15) is 13.2 Å². The highest BCUT2D eigenvalue weighted by Gasteiger charge is 2.19. The van der Waals surface area contributed by atoms with Crippen LogP contribution in [0.3, 0.4) is 0 Å². The minimum Gasteiger partial charge on any atom is -0.349 e. The summed E-state index contributed by atoms with van der Waals surface area (Å²) in [6, 6.07) is 4.84. The van der Waals surface area contributed by atoms with Crippen LogP contribution in [-0.4, -0.2) is 33.7 Å². The number of nitrogens with zero attached hydrogens (tertiary/aromatic N) is 1. The molecule has 2 rings (SSSR count). The Hall–Kier alpha value is -1.27. The van der Waals surface area contributed by atoms with Crippen molar-refractivity contribution in [2.45, 2.75) is 51.0 Å². The molecule has 5 nitrogen and oxygen atoms in total. The lowest BCUT2D eigenvalue weighted by Crippen LogP contribution is -2.35. The predicted octanol–water partition coefficient (Wildman–Crippen LogP) is 3.58. The zero-order valence-electron chi connectivity index (χ0n) is 14.2.